The molecule has 0 radical (unpaired) electrons. The van der Waals surface area contributed by atoms with Crippen molar-refractivity contribution in [1.29, 1.82) is 0 Å². The Bertz CT molecular complexity index is 979. The van der Waals surface area contributed by atoms with Crippen molar-refractivity contribution in [2.75, 3.05) is 6.54 Å². The second-order valence-corrected chi connectivity index (χ2v) is 8.27. The Labute approximate surface area is 172 Å². The summed E-state index contributed by atoms with van der Waals surface area (Å²) in [4.78, 5) is 22.2. The fourth-order valence-electron chi connectivity index (χ4n) is 2.65. The molecule has 0 aromatic heterocycles. The van der Waals surface area contributed by atoms with E-state index in [2.05, 4.69) is 0 Å². The molecule has 0 aliphatic rings. The molecule has 9 nitrogen and oxygen atoms in total. The Hall–Kier alpha value is -3.02. The highest BCUT2D eigenvalue weighted by Crippen LogP contribution is 2.26. The molecule has 1 atom stereocenters. The molecule has 162 valence electrons. The Morgan fingerprint density at radius 2 is 1.63 bits per heavy atom. The first-order chi connectivity index (χ1) is 14.1. The lowest BCUT2D eigenvalue weighted by Crippen LogP contribution is -2.42. The summed E-state index contributed by atoms with van der Waals surface area (Å²) in [6.45, 7) is 1.08. The van der Waals surface area contributed by atoms with Gasteiger partial charge in [0.05, 0.1) is 11.3 Å². The van der Waals surface area contributed by atoms with Gasteiger partial charge in [-0.05, 0) is 55.5 Å². The number of aliphatic carboxylic acids is 1. The van der Waals surface area contributed by atoms with E-state index >= 15 is 0 Å². The summed E-state index contributed by atoms with van der Waals surface area (Å²) >= 11 is 0. The Morgan fingerprint density at radius 3 is 2.13 bits per heavy atom. The first kappa shape index (κ1) is 23.3. The van der Waals surface area contributed by atoms with E-state index in [0.717, 1.165) is 4.31 Å². The van der Waals surface area contributed by atoms with Crippen molar-refractivity contribution in [2.45, 2.75) is 30.7 Å². The van der Waals surface area contributed by atoms with Crippen molar-refractivity contribution in [3.63, 3.8) is 0 Å². The molecule has 30 heavy (non-hydrogen) atoms. The van der Waals surface area contributed by atoms with Crippen LogP contribution in [-0.4, -0.2) is 47.5 Å². The third kappa shape index (κ3) is 6.24. The monoisotopic (exact) mass is 440 g/mol. The normalized spacial score (nSPS) is 12.4. The number of nitrogens with one attached hydrogen (secondary N) is 1. The number of hydrogen-bond donors (Lipinski definition) is 3. The maximum absolute atomic E-state index is 13.0. The van der Waals surface area contributed by atoms with Gasteiger partial charge in [-0.1, -0.05) is 0 Å². The number of hydrogen-bond acceptors (Lipinski definition) is 6. The molecule has 2 aromatic rings. The van der Waals surface area contributed by atoms with Gasteiger partial charge in [-0.25, -0.2) is 18.3 Å². The van der Waals surface area contributed by atoms with Crippen LogP contribution in [0.4, 0.5) is 4.39 Å². The van der Waals surface area contributed by atoms with Crippen LogP contribution in [0.5, 0.6) is 11.5 Å². The highest BCUT2D eigenvalue weighted by atomic mass is 32.2. The van der Waals surface area contributed by atoms with Crippen molar-refractivity contribution in [2.24, 2.45) is 0 Å². The van der Waals surface area contributed by atoms with Gasteiger partial charge in [-0.2, -0.15) is 4.31 Å². The number of carboxylic acid groups (broad SMARTS) is 1. The number of benzene rings is 2. The average molecular weight is 440 g/mol. The van der Waals surface area contributed by atoms with Gasteiger partial charge >= 0.3 is 5.97 Å². The maximum Gasteiger partial charge on any atom is 0.304 e. The first-order valence-electron chi connectivity index (χ1n) is 8.83. The third-order valence-corrected chi connectivity index (χ3v) is 6.15. The fourth-order valence-corrected chi connectivity index (χ4v) is 4.28. The molecule has 0 heterocycles. The average Bonchev–Trinajstić information content (AvgIpc) is 2.69. The molecule has 0 aliphatic carbocycles. The summed E-state index contributed by atoms with van der Waals surface area (Å²) in [5, 5.41) is 17.6. The number of carboxylic acids is 1. The van der Waals surface area contributed by atoms with E-state index in [1.54, 1.807) is 0 Å². The van der Waals surface area contributed by atoms with E-state index in [4.69, 9.17) is 15.1 Å². The molecular formula is C19H21FN2O7S. The number of hydroxylamine groups is 1. The van der Waals surface area contributed by atoms with E-state index in [-0.39, 0.29) is 17.9 Å². The van der Waals surface area contributed by atoms with Crippen LogP contribution in [0.3, 0.4) is 0 Å². The van der Waals surface area contributed by atoms with Gasteiger partial charge in [0, 0.05) is 19.0 Å². The maximum atomic E-state index is 13.0. The highest BCUT2D eigenvalue weighted by molar-refractivity contribution is 7.89. The topological polar surface area (TPSA) is 133 Å². The summed E-state index contributed by atoms with van der Waals surface area (Å²) in [7, 11) is -4.14. The molecule has 0 aliphatic heterocycles. The minimum absolute atomic E-state index is 0.129. The second-order valence-electron chi connectivity index (χ2n) is 6.38. The van der Waals surface area contributed by atoms with Gasteiger partial charge in [0.2, 0.25) is 15.9 Å². The van der Waals surface area contributed by atoms with Gasteiger partial charge in [0.1, 0.15) is 17.3 Å². The number of ether oxygens (including phenoxy) is 1. The lowest BCUT2D eigenvalue weighted by Gasteiger charge is -2.27. The van der Waals surface area contributed by atoms with Gasteiger partial charge in [0.15, 0.2) is 0 Å². The second kappa shape index (κ2) is 10.1. The Morgan fingerprint density at radius 1 is 1.10 bits per heavy atom. The lowest BCUT2D eigenvalue weighted by molar-refractivity contribution is -0.137. The van der Waals surface area contributed by atoms with Crippen molar-refractivity contribution in [3.8, 4) is 11.5 Å². The Balaban J connectivity index is 2.24. The van der Waals surface area contributed by atoms with Crippen LogP contribution in [0.15, 0.2) is 53.4 Å². The quantitative estimate of drug-likeness (QED) is 0.381. The number of carbonyl (C=O) groups excluding carboxylic acids is 1. The van der Waals surface area contributed by atoms with Crippen molar-refractivity contribution in [3.05, 3.63) is 54.3 Å². The van der Waals surface area contributed by atoms with E-state index in [0.29, 0.717) is 11.5 Å². The van der Waals surface area contributed by atoms with Crippen molar-refractivity contribution >= 4 is 21.9 Å². The number of halogens is 1. The predicted molar refractivity (Wildman–Crippen MR) is 103 cm³/mol. The summed E-state index contributed by atoms with van der Waals surface area (Å²) in [5.74, 6) is -1.75. The molecule has 0 bridgehead atoms. The van der Waals surface area contributed by atoms with Gasteiger partial charge in [-0.15, -0.1) is 0 Å². The molecule has 0 saturated heterocycles. The molecule has 2 aromatic carbocycles. The minimum atomic E-state index is -4.14. The molecule has 11 heteroatoms. The standard InChI is InChI=1S/C19H21FN2O7S/c1-13(12-18(23)21-26)22(11-10-19(24)25)30(27,28)17-8-6-16(7-9-17)29-15-4-2-14(20)3-5-15/h2-9,13,26H,10-12H2,1H3,(H,21,23)(H,24,25). The van der Waals surface area contributed by atoms with Crippen LogP contribution in [0.25, 0.3) is 0 Å². The van der Waals surface area contributed by atoms with Crippen LogP contribution in [0.2, 0.25) is 0 Å². The zero-order chi connectivity index (χ0) is 22.3. The minimum Gasteiger partial charge on any atom is -0.481 e. The molecule has 0 fully saturated rings. The van der Waals surface area contributed by atoms with E-state index < -0.39 is 40.2 Å². The summed E-state index contributed by atoms with van der Waals surface area (Å²) in [5.41, 5.74) is 1.42. The summed E-state index contributed by atoms with van der Waals surface area (Å²) in [6, 6.07) is 9.73. The van der Waals surface area contributed by atoms with E-state index in [1.165, 1.54) is 60.9 Å². The molecule has 1 amide bonds. The number of carbonyl (C=O) groups is 2. The van der Waals surface area contributed by atoms with Crippen molar-refractivity contribution in [1.82, 2.24) is 9.79 Å². The molecular weight excluding hydrogens is 419 g/mol. The number of rotatable bonds is 10. The number of amides is 1. The SMILES string of the molecule is CC(CC(=O)NO)N(CCC(=O)O)S(=O)(=O)c1ccc(Oc2ccc(F)cc2)cc1. The fraction of sp³-hybridized carbons (Fsp3) is 0.263. The molecule has 2 rings (SSSR count). The molecule has 0 spiro atoms. The van der Waals surface area contributed by atoms with Crippen LogP contribution >= 0.6 is 0 Å². The predicted octanol–water partition coefficient (Wildman–Crippen LogP) is 2.37. The van der Waals surface area contributed by atoms with Crippen LogP contribution in [-0.2, 0) is 19.6 Å². The largest absolute Gasteiger partial charge is 0.481 e. The van der Waals surface area contributed by atoms with Crippen LogP contribution in [0.1, 0.15) is 19.8 Å². The van der Waals surface area contributed by atoms with Gasteiger partial charge < -0.3 is 9.84 Å². The van der Waals surface area contributed by atoms with Crippen LogP contribution < -0.4 is 10.2 Å². The van der Waals surface area contributed by atoms with E-state index in [9.17, 15) is 22.4 Å². The van der Waals surface area contributed by atoms with Gasteiger partial charge in [0.25, 0.3) is 0 Å². The molecule has 1 unspecified atom stereocenters. The first-order valence-corrected chi connectivity index (χ1v) is 10.3. The van der Waals surface area contributed by atoms with Gasteiger partial charge in [-0.3, -0.25) is 14.8 Å². The zero-order valence-corrected chi connectivity index (χ0v) is 16.8. The summed E-state index contributed by atoms with van der Waals surface area (Å²) < 4.78 is 45.4. The summed E-state index contributed by atoms with van der Waals surface area (Å²) in [6.07, 6.45) is -0.822. The van der Waals surface area contributed by atoms with E-state index in [1.807, 2.05) is 0 Å². The van der Waals surface area contributed by atoms with Crippen LogP contribution in [0, 0.1) is 5.82 Å². The number of nitrogens with zero attached hydrogens (tertiary/aromatic N) is 1. The Kier molecular flexibility index (Phi) is 7.86. The third-order valence-electron chi connectivity index (χ3n) is 4.12. The highest BCUT2D eigenvalue weighted by Gasteiger charge is 2.30. The zero-order valence-electron chi connectivity index (χ0n) is 16.0. The lowest BCUT2D eigenvalue weighted by atomic mass is 10.2. The van der Waals surface area contributed by atoms with Crippen molar-refractivity contribution < 1.29 is 37.4 Å². The molecule has 0 saturated carbocycles. The molecule has 3 N–H and O–H groups in total. The smallest absolute Gasteiger partial charge is 0.304 e. The number of sulfonamides is 1.